The lowest BCUT2D eigenvalue weighted by Gasteiger charge is -2.08. The second-order valence-corrected chi connectivity index (χ2v) is 4.17. The first-order chi connectivity index (χ1) is 7.74. The van der Waals surface area contributed by atoms with Crippen LogP contribution in [0.2, 0.25) is 0 Å². The lowest BCUT2D eigenvalue weighted by Crippen LogP contribution is -1.99. The van der Waals surface area contributed by atoms with E-state index >= 15 is 0 Å². The van der Waals surface area contributed by atoms with Crippen molar-refractivity contribution in [2.45, 2.75) is 46.0 Å². The summed E-state index contributed by atoms with van der Waals surface area (Å²) < 4.78 is 18.4. The monoisotopic (exact) mass is 224 g/mol. The molecule has 16 heavy (non-hydrogen) atoms. The van der Waals surface area contributed by atoms with Crippen molar-refractivity contribution in [2.75, 3.05) is 6.61 Å². The Kier molecular flexibility index (Phi) is 5.91. The highest BCUT2D eigenvalue weighted by molar-refractivity contribution is 5.32. The van der Waals surface area contributed by atoms with E-state index < -0.39 is 0 Å². The third kappa shape index (κ3) is 4.65. The first-order valence-electron chi connectivity index (χ1n) is 6.13. The molecular formula is C14H21FO. The normalized spacial score (nSPS) is 10.4. The molecule has 0 N–H and O–H groups in total. The van der Waals surface area contributed by atoms with E-state index in [1.54, 1.807) is 6.07 Å². The fourth-order valence-corrected chi connectivity index (χ4v) is 1.66. The van der Waals surface area contributed by atoms with Crippen LogP contribution in [0.4, 0.5) is 4.39 Å². The molecule has 0 atom stereocenters. The number of aryl methyl sites for hydroxylation is 1. The molecule has 0 aromatic heterocycles. The molecule has 2 heteroatoms. The molecular weight excluding hydrogens is 203 g/mol. The standard InChI is InChI=1S/C14H21FO/c1-3-4-5-6-7-10-16-14-9-8-13(15)11-12(14)2/h8-9,11H,3-7,10H2,1-2H3. The van der Waals surface area contributed by atoms with Gasteiger partial charge < -0.3 is 4.74 Å². The van der Waals surface area contributed by atoms with E-state index in [1.165, 1.54) is 37.8 Å². The molecule has 1 rings (SSSR count). The number of unbranched alkanes of at least 4 members (excludes halogenated alkanes) is 4. The minimum absolute atomic E-state index is 0.201. The first-order valence-corrected chi connectivity index (χ1v) is 6.13. The zero-order chi connectivity index (χ0) is 11.8. The lowest BCUT2D eigenvalue weighted by atomic mass is 10.2. The van der Waals surface area contributed by atoms with Crippen molar-refractivity contribution in [1.29, 1.82) is 0 Å². The van der Waals surface area contributed by atoms with Gasteiger partial charge in [0.25, 0.3) is 0 Å². The molecule has 0 unspecified atom stereocenters. The third-order valence-electron chi connectivity index (χ3n) is 2.64. The van der Waals surface area contributed by atoms with Gasteiger partial charge in [0, 0.05) is 0 Å². The fraction of sp³-hybridized carbons (Fsp3) is 0.571. The number of rotatable bonds is 7. The second kappa shape index (κ2) is 7.26. The largest absolute Gasteiger partial charge is 0.493 e. The Balaban J connectivity index is 2.21. The maximum Gasteiger partial charge on any atom is 0.123 e. The first kappa shape index (κ1) is 13.0. The Hall–Kier alpha value is -1.05. The van der Waals surface area contributed by atoms with Crippen LogP contribution in [0.15, 0.2) is 18.2 Å². The van der Waals surface area contributed by atoms with Gasteiger partial charge in [0.05, 0.1) is 6.61 Å². The van der Waals surface area contributed by atoms with Gasteiger partial charge in [-0.2, -0.15) is 0 Å². The number of ether oxygens (including phenoxy) is 1. The van der Waals surface area contributed by atoms with E-state index in [0.717, 1.165) is 24.3 Å². The lowest BCUT2D eigenvalue weighted by molar-refractivity contribution is 0.302. The van der Waals surface area contributed by atoms with Crippen molar-refractivity contribution in [3.63, 3.8) is 0 Å². The number of hydrogen-bond donors (Lipinski definition) is 0. The molecule has 0 saturated carbocycles. The molecule has 90 valence electrons. The van der Waals surface area contributed by atoms with Gasteiger partial charge in [-0.1, -0.05) is 32.6 Å². The van der Waals surface area contributed by atoms with Crippen molar-refractivity contribution >= 4 is 0 Å². The Labute approximate surface area is 97.6 Å². The van der Waals surface area contributed by atoms with Crippen LogP contribution in [0.5, 0.6) is 5.75 Å². The zero-order valence-corrected chi connectivity index (χ0v) is 10.3. The van der Waals surface area contributed by atoms with E-state index in [2.05, 4.69) is 6.92 Å². The van der Waals surface area contributed by atoms with Gasteiger partial charge in [-0.15, -0.1) is 0 Å². The molecule has 0 heterocycles. The summed E-state index contributed by atoms with van der Waals surface area (Å²) in [5.74, 6) is 0.602. The minimum atomic E-state index is -0.201. The predicted molar refractivity (Wildman–Crippen MR) is 65.4 cm³/mol. The average Bonchev–Trinajstić information content (AvgIpc) is 2.26. The molecule has 0 spiro atoms. The molecule has 0 fully saturated rings. The quantitative estimate of drug-likeness (QED) is 0.620. The van der Waals surface area contributed by atoms with Crippen LogP contribution in [-0.4, -0.2) is 6.61 Å². The SMILES string of the molecule is CCCCCCCOc1ccc(F)cc1C. The van der Waals surface area contributed by atoms with E-state index in [1.807, 2.05) is 6.92 Å². The Morgan fingerprint density at radius 1 is 1.12 bits per heavy atom. The molecule has 0 aliphatic rings. The fourth-order valence-electron chi connectivity index (χ4n) is 1.66. The second-order valence-electron chi connectivity index (χ2n) is 4.17. The van der Waals surface area contributed by atoms with Crippen molar-refractivity contribution in [2.24, 2.45) is 0 Å². The number of halogens is 1. The molecule has 0 bridgehead atoms. The highest BCUT2D eigenvalue weighted by Crippen LogP contribution is 2.18. The molecule has 0 aliphatic carbocycles. The maximum absolute atomic E-state index is 12.8. The van der Waals surface area contributed by atoms with Gasteiger partial charge in [0.2, 0.25) is 0 Å². The molecule has 0 saturated heterocycles. The van der Waals surface area contributed by atoms with Gasteiger partial charge in [-0.25, -0.2) is 4.39 Å². The third-order valence-corrected chi connectivity index (χ3v) is 2.64. The van der Waals surface area contributed by atoms with Crippen LogP contribution < -0.4 is 4.74 Å². The van der Waals surface area contributed by atoms with Gasteiger partial charge in [-0.3, -0.25) is 0 Å². The van der Waals surface area contributed by atoms with Crippen LogP contribution in [0.25, 0.3) is 0 Å². The summed E-state index contributed by atoms with van der Waals surface area (Å²) in [5.41, 5.74) is 0.869. The molecule has 0 amide bonds. The predicted octanol–water partition coefficient (Wildman–Crippen LogP) is 4.48. The summed E-state index contributed by atoms with van der Waals surface area (Å²) in [5, 5.41) is 0. The minimum Gasteiger partial charge on any atom is -0.493 e. The van der Waals surface area contributed by atoms with Gasteiger partial charge in [-0.05, 0) is 37.1 Å². The summed E-state index contributed by atoms with van der Waals surface area (Å²) >= 11 is 0. The molecule has 1 nitrogen and oxygen atoms in total. The number of hydrogen-bond acceptors (Lipinski definition) is 1. The van der Waals surface area contributed by atoms with Gasteiger partial charge in [0.1, 0.15) is 11.6 Å². The molecule has 1 aromatic carbocycles. The molecule has 0 aliphatic heterocycles. The van der Waals surface area contributed by atoms with E-state index in [-0.39, 0.29) is 5.82 Å². The summed E-state index contributed by atoms with van der Waals surface area (Å²) in [6.07, 6.45) is 6.14. The topological polar surface area (TPSA) is 9.23 Å². The van der Waals surface area contributed by atoms with Crippen LogP contribution in [-0.2, 0) is 0 Å². The smallest absolute Gasteiger partial charge is 0.123 e. The molecule has 0 radical (unpaired) electrons. The zero-order valence-electron chi connectivity index (χ0n) is 10.3. The van der Waals surface area contributed by atoms with Crippen molar-refractivity contribution in [3.8, 4) is 5.75 Å². The Bertz CT molecular complexity index is 310. The van der Waals surface area contributed by atoms with Crippen molar-refractivity contribution < 1.29 is 9.13 Å². The van der Waals surface area contributed by atoms with Gasteiger partial charge >= 0.3 is 0 Å². The van der Waals surface area contributed by atoms with Crippen LogP contribution >= 0.6 is 0 Å². The average molecular weight is 224 g/mol. The van der Waals surface area contributed by atoms with Crippen LogP contribution in [0, 0.1) is 12.7 Å². The van der Waals surface area contributed by atoms with Crippen LogP contribution in [0.3, 0.4) is 0 Å². The van der Waals surface area contributed by atoms with E-state index in [9.17, 15) is 4.39 Å². The Morgan fingerprint density at radius 2 is 1.88 bits per heavy atom. The highest BCUT2D eigenvalue weighted by Gasteiger charge is 2.00. The maximum atomic E-state index is 12.8. The Morgan fingerprint density at radius 3 is 2.56 bits per heavy atom. The van der Waals surface area contributed by atoms with Crippen molar-refractivity contribution in [3.05, 3.63) is 29.6 Å². The van der Waals surface area contributed by atoms with Crippen molar-refractivity contribution in [1.82, 2.24) is 0 Å². The number of benzene rings is 1. The summed E-state index contributed by atoms with van der Waals surface area (Å²) in [7, 11) is 0. The summed E-state index contributed by atoms with van der Waals surface area (Å²) in [4.78, 5) is 0. The summed E-state index contributed by atoms with van der Waals surface area (Å²) in [6, 6.07) is 4.66. The van der Waals surface area contributed by atoms with E-state index in [4.69, 9.17) is 4.74 Å². The van der Waals surface area contributed by atoms with E-state index in [0.29, 0.717) is 0 Å². The van der Waals surface area contributed by atoms with Crippen LogP contribution in [0.1, 0.15) is 44.6 Å². The molecule has 1 aromatic rings. The highest BCUT2D eigenvalue weighted by atomic mass is 19.1. The van der Waals surface area contributed by atoms with Gasteiger partial charge in [0.15, 0.2) is 0 Å². The summed E-state index contributed by atoms with van der Waals surface area (Å²) in [6.45, 7) is 4.81.